The molecule has 2 heterocycles. The molecule has 0 fully saturated rings. The monoisotopic (exact) mass is 242 g/mol. The summed E-state index contributed by atoms with van der Waals surface area (Å²) in [5.41, 5.74) is 2.24. The second-order valence-corrected chi connectivity index (χ2v) is 4.72. The summed E-state index contributed by atoms with van der Waals surface area (Å²) in [7, 11) is 0. The molecule has 0 saturated heterocycles. The first-order chi connectivity index (χ1) is 9.89. The third kappa shape index (κ3) is 1.60. The van der Waals surface area contributed by atoms with E-state index in [2.05, 4.69) is 35.9 Å². The first-order valence-corrected chi connectivity index (χ1v) is 6.21. The predicted molar refractivity (Wildman–Crippen MR) is 77.8 cm³/mol. The number of rotatable bonds is 1. The molecule has 0 saturated carbocycles. The Balaban J connectivity index is 1.95. The SMILES string of the molecule is [2H]C([2H])([2H])N1C=CN(N2B(C)C=Cc3ccccc32)[C@H]1C. The van der Waals surface area contributed by atoms with Crippen molar-refractivity contribution in [1.29, 1.82) is 0 Å². The Morgan fingerprint density at radius 2 is 2.11 bits per heavy atom. The maximum atomic E-state index is 7.61. The Morgan fingerprint density at radius 3 is 2.89 bits per heavy atom. The molecule has 0 aromatic heterocycles. The van der Waals surface area contributed by atoms with Crippen LogP contribution in [0.15, 0.2) is 42.6 Å². The fourth-order valence-electron chi connectivity index (χ4n) is 2.48. The molecule has 18 heavy (non-hydrogen) atoms. The number of nitrogens with zero attached hydrogens (tertiary/aromatic N) is 3. The van der Waals surface area contributed by atoms with Crippen LogP contribution in [0.3, 0.4) is 0 Å². The number of anilines is 1. The summed E-state index contributed by atoms with van der Waals surface area (Å²) in [5.74, 6) is 2.13. The topological polar surface area (TPSA) is 9.72 Å². The van der Waals surface area contributed by atoms with Gasteiger partial charge in [0.25, 0.3) is 0 Å². The van der Waals surface area contributed by atoms with E-state index >= 15 is 0 Å². The molecule has 3 rings (SSSR count). The second kappa shape index (κ2) is 4.12. The van der Waals surface area contributed by atoms with E-state index < -0.39 is 6.98 Å². The van der Waals surface area contributed by atoms with Gasteiger partial charge in [-0.05, 0) is 18.6 Å². The van der Waals surface area contributed by atoms with Gasteiger partial charge in [-0.15, -0.1) is 0 Å². The standard InChI is InChI=1S/C14H18BN3/c1-12-16(3)10-11-17(12)18-14-7-5-4-6-13(14)8-9-15(18)2/h4-12H,1-3H3/t12-/m0/s1/i3D3. The maximum absolute atomic E-state index is 7.61. The maximum Gasteiger partial charge on any atom is 0.303 e. The van der Waals surface area contributed by atoms with Gasteiger partial charge in [-0.1, -0.05) is 37.1 Å². The number of hydrazine groups is 1. The van der Waals surface area contributed by atoms with Crippen molar-refractivity contribution in [3.8, 4) is 0 Å². The largest absolute Gasteiger partial charge is 0.358 e. The highest BCUT2D eigenvalue weighted by Gasteiger charge is 2.31. The van der Waals surface area contributed by atoms with E-state index in [1.165, 1.54) is 4.90 Å². The van der Waals surface area contributed by atoms with E-state index in [0.717, 1.165) is 11.3 Å². The molecule has 0 bridgehead atoms. The minimum atomic E-state index is -2.13. The highest BCUT2D eigenvalue weighted by molar-refractivity contribution is 6.68. The zero-order chi connectivity index (χ0) is 15.2. The third-order valence-corrected chi connectivity index (χ3v) is 3.54. The lowest BCUT2D eigenvalue weighted by atomic mass is 9.61. The van der Waals surface area contributed by atoms with Gasteiger partial charge < -0.3 is 9.82 Å². The summed E-state index contributed by atoms with van der Waals surface area (Å²) in [6, 6.07) is 8.14. The lowest BCUT2D eigenvalue weighted by Crippen LogP contribution is -2.53. The number of hydrogen-bond acceptors (Lipinski definition) is 3. The van der Waals surface area contributed by atoms with Crippen LogP contribution in [0.2, 0.25) is 6.82 Å². The Bertz CT molecular complexity index is 599. The minimum absolute atomic E-state index is 0.170. The normalized spacial score (nSPS) is 25.0. The minimum Gasteiger partial charge on any atom is -0.358 e. The number of fused-ring (bicyclic) bond motifs is 1. The molecule has 0 spiro atoms. The molecule has 0 aliphatic carbocycles. The summed E-state index contributed by atoms with van der Waals surface area (Å²) < 4.78 is 22.8. The van der Waals surface area contributed by atoms with Crippen molar-refractivity contribution in [3.05, 3.63) is 48.2 Å². The highest BCUT2D eigenvalue weighted by Crippen LogP contribution is 2.31. The molecule has 2 aliphatic rings. The Labute approximate surface area is 113 Å². The van der Waals surface area contributed by atoms with Gasteiger partial charge in [-0.25, -0.2) is 0 Å². The van der Waals surface area contributed by atoms with Crippen LogP contribution in [0.4, 0.5) is 5.69 Å². The predicted octanol–water partition coefficient (Wildman–Crippen LogP) is 2.66. The molecule has 2 aliphatic heterocycles. The van der Waals surface area contributed by atoms with Gasteiger partial charge in [-0.2, -0.15) is 0 Å². The molecule has 92 valence electrons. The van der Waals surface area contributed by atoms with Crippen LogP contribution in [0.25, 0.3) is 6.08 Å². The van der Waals surface area contributed by atoms with Gasteiger partial charge in [0.05, 0.1) is 5.69 Å². The average molecular weight is 242 g/mol. The summed E-state index contributed by atoms with van der Waals surface area (Å²) in [4.78, 5) is 3.54. The van der Waals surface area contributed by atoms with E-state index in [9.17, 15) is 0 Å². The van der Waals surface area contributed by atoms with Crippen molar-refractivity contribution in [3.63, 3.8) is 0 Å². The third-order valence-electron chi connectivity index (χ3n) is 3.54. The van der Waals surface area contributed by atoms with Crippen LogP contribution in [-0.4, -0.2) is 29.9 Å². The van der Waals surface area contributed by atoms with Gasteiger partial charge in [0.2, 0.25) is 0 Å². The van der Waals surface area contributed by atoms with Crippen molar-refractivity contribution in [1.82, 2.24) is 9.91 Å². The zero-order valence-electron chi connectivity index (χ0n) is 13.6. The first kappa shape index (κ1) is 8.30. The van der Waals surface area contributed by atoms with Crippen molar-refractivity contribution >= 4 is 18.6 Å². The van der Waals surface area contributed by atoms with Gasteiger partial charge >= 0.3 is 6.85 Å². The molecular formula is C14H18BN3. The van der Waals surface area contributed by atoms with Crippen LogP contribution in [0.1, 0.15) is 16.6 Å². The quantitative estimate of drug-likeness (QED) is 0.701. The molecule has 1 aromatic carbocycles. The van der Waals surface area contributed by atoms with Crippen LogP contribution < -0.4 is 4.92 Å². The average Bonchev–Trinajstić information content (AvgIpc) is 2.80. The van der Waals surface area contributed by atoms with Crippen LogP contribution in [0, 0.1) is 0 Å². The Hall–Kier alpha value is -1.84. The number of para-hydroxylation sites is 1. The molecular weight excluding hydrogens is 221 g/mol. The number of benzene rings is 1. The van der Waals surface area contributed by atoms with Crippen molar-refractivity contribution in [2.45, 2.75) is 19.9 Å². The Kier molecular flexibility index (Phi) is 1.90. The van der Waals surface area contributed by atoms with Crippen molar-refractivity contribution in [2.24, 2.45) is 0 Å². The molecule has 4 heteroatoms. The molecule has 1 atom stereocenters. The highest BCUT2D eigenvalue weighted by atomic mass is 15.7. The van der Waals surface area contributed by atoms with Gasteiger partial charge in [0, 0.05) is 23.5 Å². The molecule has 0 unspecified atom stereocenters. The molecule has 1 aromatic rings. The molecule has 0 radical (unpaired) electrons. The van der Waals surface area contributed by atoms with Gasteiger partial charge in [-0.3, -0.25) is 5.01 Å². The van der Waals surface area contributed by atoms with Crippen LogP contribution >= 0.6 is 0 Å². The van der Waals surface area contributed by atoms with Crippen LogP contribution in [-0.2, 0) is 0 Å². The van der Waals surface area contributed by atoms with E-state index in [1.807, 2.05) is 30.3 Å². The summed E-state index contributed by atoms with van der Waals surface area (Å²) in [5, 5.41) is 1.99. The summed E-state index contributed by atoms with van der Waals surface area (Å²) in [6.07, 6.45) is 5.34. The molecule has 3 nitrogen and oxygen atoms in total. The lowest BCUT2D eigenvalue weighted by Gasteiger charge is -2.43. The van der Waals surface area contributed by atoms with E-state index in [4.69, 9.17) is 4.11 Å². The second-order valence-electron chi connectivity index (χ2n) is 4.72. The van der Waals surface area contributed by atoms with Crippen LogP contribution in [0.5, 0.6) is 0 Å². The fraction of sp³-hybridized carbons (Fsp3) is 0.286. The summed E-state index contributed by atoms with van der Waals surface area (Å²) >= 11 is 0. The Morgan fingerprint density at radius 1 is 1.28 bits per heavy atom. The van der Waals surface area contributed by atoms with Gasteiger partial charge in [0.15, 0.2) is 0 Å². The van der Waals surface area contributed by atoms with Gasteiger partial charge in [0.1, 0.15) is 6.17 Å². The number of hydrogen-bond donors (Lipinski definition) is 0. The zero-order valence-corrected chi connectivity index (χ0v) is 10.6. The van der Waals surface area contributed by atoms with Crippen molar-refractivity contribution < 1.29 is 4.11 Å². The van der Waals surface area contributed by atoms with Crippen molar-refractivity contribution in [2.75, 3.05) is 11.9 Å². The van der Waals surface area contributed by atoms with E-state index in [0.29, 0.717) is 0 Å². The first-order valence-electron chi connectivity index (χ1n) is 7.71. The molecule has 0 amide bonds. The van der Waals surface area contributed by atoms with E-state index in [-0.39, 0.29) is 13.0 Å². The fourth-order valence-corrected chi connectivity index (χ4v) is 2.48. The lowest BCUT2D eigenvalue weighted by molar-refractivity contribution is 0.202. The van der Waals surface area contributed by atoms with E-state index in [1.54, 1.807) is 6.20 Å². The summed E-state index contributed by atoms with van der Waals surface area (Å²) in [6.45, 7) is 2.05. The molecule has 0 N–H and O–H groups in total. The smallest absolute Gasteiger partial charge is 0.303 e.